The van der Waals surface area contributed by atoms with Crippen LogP contribution in [0.5, 0.6) is 5.75 Å². The molecule has 0 fully saturated rings. The number of hydrogen-bond donors (Lipinski definition) is 1. The Kier molecular flexibility index (Phi) is 3.86. The molecular weight excluding hydrogens is 192 g/mol. The number of benzene rings is 1. The monoisotopic (exact) mass is 208 g/mol. The van der Waals surface area contributed by atoms with Gasteiger partial charge in [-0.3, -0.25) is 0 Å². The summed E-state index contributed by atoms with van der Waals surface area (Å²) in [5.74, 6) is 0.806. The zero-order valence-corrected chi connectivity index (χ0v) is 9.06. The van der Waals surface area contributed by atoms with Crippen LogP contribution in [0.2, 0.25) is 0 Å². The Morgan fingerprint density at radius 2 is 2.00 bits per heavy atom. The molecular formula is C12H16O3. The van der Waals surface area contributed by atoms with Crippen molar-refractivity contribution in [2.24, 2.45) is 0 Å². The van der Waals surface area contributed by atoms with E-state index in [2.05, 4.69) is 0 Å². The molecule has 3 heteroatoms. The first-order valence-corrected chi connectivity index (χ1v) is 4.89. The first-order valence-electron chi connectivity index (χ1n) is 4.89. The Hall–Kier alpha value is -1.35. The molecule has 1 aromatic carbocycles. The lowest BCUT2D eigenvalue weighted by molar-refractivity contribution is -0.122. The molecule has 1 atom stereocenters. The SMILES string of the molecule is COc1ccc(CCC(C)(O)C=O)cc1. The van der Waals surface area contributed by atoms with Gasteiger partial charge in [-0.15, -0.1) is 0 Å². The van der Waals surface area contributed by atoms with Crippen LogP contribution in [0.4, 0.5) is 0 Å². The van der Waals surface area contributed by atoms with E-state index in [9.17, 15) is 9.90 Å². The van der Waals surface area contributed by atoms with Crippen molar-refractivity contribution in [1.29, 1.82) is 0 Å². The highest BCUT2D eigenvalue weighted by Crippen LogP contribution is 2.15. The Morgan fingerprint density at radius 1 is 1.40 bits per heavy atom. The predicted molar refractivity (Wildman–Crippen MR) is 58.0 cm³/mol. The van der Waals surface area contributed by atoms with Gasteiger partial charge in [0.25, 0.3) is 0 Å². The van der Waals surface area contributed by atoms with E-state index in [0.29, 0.717) is 19.1 Å². The van der Waals surface area contributed by atoms with Gasteiger partial charge in [-0.1, -0.05) is 12.1 Å². The molecule has 1 aromatic rings. The summed E-state index contributed by atoms with van der Waals surface area (Å²) in [4.78, 5) is 10.5. The second-order valence-electron chi connectivity index (χ2n) is 3.82. The standard InChI is InChI=1S/C12H16O3/c1-12(14,9-13)8-7-10-3-5-11(15-2)6-4-10/h3-6,9,14H,7-8H2,1-2H3. The topological polar surface area (TPSA) is 46.5 Å². The number of aryl methyl sites for hydroxylation is 1. The summed E-state index contributed by atoms with van der Waals surface area (Å²) in [5, 5.41) is 9.49. The summed E-state index contributed by atoms with van der Waals surface area (Å²) < 4.78 is 5.03. The lowest BCUT2D eigenvalue weighted by atomic mass is 9.98. The smallest absolute Gasteiger partial charge is 0.151 e. The fourth-order valence-corrected chi connectivity index (χ4v) is 1.25. The minimum atomic E-state index is -1.22. The van der Waals surface area contributed by atoms with Crippen LogP contribution < -0.4 is 4.74 Å². The number of methoxy groups -OCH3 is 1. The van der Waals surface area contributed by atoms with E-state index in [4.69, 9.17) is 4.74 Å². The summed E-state index contributed by atoms with van der Waals surface area (Å²) in [6, 6.07) is 7.59. The lowest BCUT2D eigenvalue weighted by Crippen LogP contribution is -2.26. The highest BCUT2D eigenvalue weighted by molar-refractivity contribution is 5.61. The number of rotatable bonds is 5. The zero-order valence-electron chi connectivity index (χ0n) is 9.06. The average Bonchev–Trinajstić information content (AvgIpc) is 2.27. The van der Waals surface area contributed by atoms with Gasteiger partial charge in [0.15, 0.2) is 6.29 Å². The van der Waals surface area contributed by atoms with Crippen LogP contribution in [0.15, 0.2) is 24.3 Å². The van der Waals surface area contributed by atoms with Crippen LogP contribution in [0, 0.1) is 0 Å². The number of ether oxygens (including phenoxy) is 1. The third kappa shape index (κ3) is 3.72. The van der Waals surface area contributed by atoms with E-state index in [1.54, 1.807) is 7.11 Å². The van der Waals surface area contributed by atoms with E-state index in [0.717, 1.165) is 11.3 Å². The third-order valence-corrected chi connectivity index (χ3v) is 2.33. The van der Waals surface area contributed by atoms with Gasteiger partial charge in [-0.2, -0.15) is 0 Å². The van der Waals surface area contributed by atoms with Gasteiger partial charge in [0.2, 0.25) is 0 Å². The van der Waals surface area contributed by atoms with Crippen molar-refractivity contribution in [2.45, 2.75) is 25.4 Å². The fourth-order valence-electron chi connectivity index (χ4n) is 1.25. The second-order valence-corrected chi connectivity index (χ2v) is 3.82. The van der Waals surface area contributed by atoms with Crippen molar-refractivity contribution in [3.05, 3.63) is 29.8 Å². The first kappa shape index (κ1) is 11.7. The number of aliphatic hydroxyl groups is 1. The molecule has 0 aliphatic rings. The molecule has 0 aromatic heterocycles. The molecule has 82 valence electrons. The molecule has 0 bridgehead atoms. The third-order valence-electron chi connectivity index (χ3n) is 2.33. The van der Waals surface area contributed by atoms with Crippen molar-refractivity contribution < 1.29 is 14.6 Å². The summed E-state index contributed by atoms with van der Waals surface area (Å²) in [7, 11) is 1.62. The van der Waals surface area contributed by atoms with Gasteiger partial charge in [0.05, 0.1) is 7.11 Å². The number of carbonyl (C=O) groups excluding carboxylic acids is 1. The van der Waals surface area contributed by atoms with E-state index in [1.165, 1.54) is 6.92 Å². The van der Waals surface area contributed by atoms with E-state index < -0.39 is 5.60 Å². The van der Waals surface area contributed by atoms with Crippen LogP contribution in [-0.4, -0.2) is 24.1 Å². The van der Waals surface area contributed by atoms with Gasteiger partial charge >= 0.3 is 0 Å². The first-order chi connectivity index (χ1) is 7.07. The molecule has 0 saturated heterocycles. The average molecular weight is 208 g/mol. The van der Waals surface area contributed by atoms with Crippen LogP contribution in [0.1, 0.15) is 18.9 Å². The quantitative estimate of drug-likeness (QED) is 0.747. The number of carbonyl (C=O) groups is 1. The molecule has 0 amide bonds. The number of hydrogen-bond acceptors (Lipinski definition) is 3. The summed E-state index contributed by atoms with van der Waals surface area (Å²) in [5.41, 5.74) is -0.141. The fraction of sp³-hybridized carbons (Fsp3) is 0.417. The minimum absolute atomic E-state index is 0.433. The summed E-state index contributed by atoms with van der Waals surface area (Å²) in [6.07, 6.45) is 1.69. The van der Waals surface area contributed by atoms with Crippen molar-refractivity contribution in [2.75, 3.05) is 7.11 Å². The maximum absolute atomic E-state index is 10.5. The van der Waals surface area contributed by atoms with Crippen molar-refractivity contribution in [3.8, 4) is 5.75 Å². The summed E-state index contributed by atoms with van der Waals surface area (Å²) in [6.45, 7) is 1.52. The normalized spacial score (nSPS) is 14.3. The van der Waals surface area contributed by atoms with E-state index in [-0.39, 0.29) is 0 Å². The molecule has 1 rings (SSSR count). The van der Waals surface area contributed by atoms with E-state index in [1.807, 2.05) is 24.3 Å². The molecule has 0 aliphatic heterocycles. The van der Waals surface area contributed by atoms with Gasteiger partial charge in [-0.25, -0.2) is 0 Å². The predicted octanol–water partition coefficient (Wildman–Crippen LogP) is 1.58. The summed E-state index contributed by atoms with van der Waals surface area (Å²) >= 11 is 0. The van der Waals surface area contributed by atoms with E-state index >= 15 is 0 Å². The van der Waals surface area contributed by atoms with Gasteiger partial charge in [-0.05, 0) is 37.5 Å². The van der Waals surface area contributed by atoms with Crippen LogP contribution in [0.3, 0.4) is 0 Å². The maximum Gasteiger partial charge on any atom is 0.151 e. The van der Waals surface area contributed by atoms with Crippen molar-refractivity contribution in [1.82, 2.24) is 0 Å². The van der Waals surface area contributed by atoms with Crippen LogP contribution in [0.25, 0.3) is 0 Å². The van der Waals surface area contributed by atoms with Crippen molar-refractivity contribution in [3.63, 3.8) is 0 Å². The molecule has 1 N–H and O–H groups in total. The van der Waals surface area contributed by atoms with Crippen LogP contribution in [-0.2, 0) is 11.2 Å². The van der Waals surface area contributed by atoms with Gasteiger partial charge < -0.3 is 14.6 Å². The molecule has 1 unspecified atom stereocenters. The molecule has 0 heterocycles. The molecule has 0 radical (unpaired) electrons. The Balaban J connectivity index is 2.54. The highest BCUT2D eigenvalue weighted by atomic mass is 16.5. The van der Waals surface area contributed by atoms with Crippen molar-refractivity contribution >= 4 is 6.29 Å². The van der Waals surface area contributed by atoms with Gasteiger partial charge in [0, 0.05) is 0 Å². The highest BCUT2D eigenvalue weighted by Gasteiger charge is 2.18. The molecule has 0 spiro atoms. The lowest BCUT2D eigenvalue weighted by Gasteiger charge is -2.15. The molecule has 15 heavy (non-hydrogen) atoms. The Labute approximate surface area is 89.7 Å². The number of aldehydes is 1. The second kappa shape index (κ2) is 4.94. The van der Waals surface area contributed by atoms with Crippen LogP contribution >= 0.6 is 0 Å². The maximum atomic E-state index is 10.5. The molecule has 3 nitrogen and oxygen atoms in total. The van der Waals surface area contributed by atoms with Gasteiger partial charge in [0.1, 0.15) is 11.4 Å². The Morgan fingerprint density at radius 3 is 2.47 bits per heavy atom. The molecule has 0 saturated carbocycles. The largest absolute Gasteiger partial charge is 0.497 e. The molecule has 0 aliphatic carbocycles. The Bertz CT molecular complexity index is 314. The minimum Gasteiger partial charge on any atom is -0.497 e. The zero-order chi connectivity index (χ0) is 11.3.